The van der Waals surface area contributed by atoms with Crippen LogP contribution >= 0.6 is 0 Å². The molecule has 0 N–H and O–H groups in total. The Labute approximate surface area is 262 Å². The van der Waals surface area contributed by atoms with E-state index in [0.717, 1.165) is 55.5 Å². The number of anilines is 3. The van der Waals surface area contributed by atoms with Crippen molar-refractivity contribution >= 4 is 83.0 Å². The minimum absolute atomic E-state index is 0.612. The summed E-state index contributed by atoms with van der Waals surface area (Å²) in [7, 11) is 0. The molecule has 0 radical (unpaired) electrons. The summed E-state index contributed by atoms with van der Waals surface area (Å²) < 4.78 is 14.5. The SMILES string of the molecule is c1ccc2c(c1)oc1ncc(N(c3ccc(-n4c5ccccc5c5ccccc54)cc3)c3cnc4oc5ccccc5c4c3)cc12. The number of pyridine rings is 2. The predicted octanol–water partition coefficient (Wildman–Crippen LogP) is 10.8. The summed E-state index contributed by atoms with van der Waals surface area (Å²) in [5, 5.41) is 6.46. The fourth-order valence-electron chi connectivity index (χ4n) is 6.84. The standard InChI is InChI=1S/C40H24N4O2/c1-5-13-35-29(9-1)30-10-2-6-14-36(30)44(35)26-19-17-25(18-20-26)43(27-21-33-31-11-3-7-15-37(31)45-39(33)41-23-27)28-22-34-32-12-4-8-16-38(32)46-40(34)42-24-28/h1-24H. The second kappa shape index (κ2) is 9.55. The van der Waals surface area contributed by atoms with Gasteiger partial charge in [-0.2, -0.15) is 0 Å². The molecule has 10 rings (SSSR count). The molecule has 0 saturated heterocycles. The Hall–Kier alpha value is -6.40. The average Bonchev–Trinajstić information content (AvgIpc) is 3.78. The number of hydrogen-bond donors (Lipinski definition) is 0. The molecule has 0 amide bonds. The van der Waals surface area contributed by atoms with Crippen LogP contribution in [0.25, 0.3) is 71.6 Å². The zero-order valence-electron chi connectivity index (χ0n) is 24.5. The molecule has 0 aliphatic heterocycles. The van der Waals surface area contributed by atoms with Gasteiger partial charge in [-0.3, -0.25) is 0 Å². The molecule has 0 unspecified atom stereocenters. The normalized spacial score (nSPS) is 11.9. The van der Waals surface area contributed by atoms with Crippen LogP contribution in [0.5, 0.6) is 0 Å². The second-order valence-corrected chi connectivity index (χ2v) is 11.5. The van der Waals surface area contributed by atoms with Gasteiger partial charge in [-0.1, -0.05) is 72.8 Å². The third-order valence-corrected chi connectivity index (χ3v) is 8.90. The van der Waals surface area contributed by atoms with Crippen molar-refractivity contribution in [2.75, 3.05) is 4.90 Å². The number of nitrogens with zero attached hydrogens (tertiary/aromatic N) is 4. The smallest absolute Gasteiger partial charge is 0.227 e. The molecule has 0 bridgehead atoms. The highest BCUT2D eigenvalue weighted by Crippen LogP contribution is 2.40. The van der Waals surface area contributed by atoms with Crippen LogP contribution in [0.4, 0.5) is 17.1 Å². The monoisotopic (exact) mass is 592 g/mol. The Morgan fingerprint density at radius 2 is 0.891 bits per heavy atom. The van der Waals surface area contributed by atoms with Gasteiger partial charge in [0.2, 0.25) is 11.4 Å². The van der Waals surface area contributed by atoms with Crippen molar-refractivity contribution < 1.29 is 8.83 Å². The lowest BCUT2D eigenvalue weighted by molar-refractivity contribution is 0.654. The lowest BCUT2D eigenvalue weighted by atomic mass is 10.1. The number of hydrogen-bond acceptors (Lipinski definition) is 5. The maximum absolute atomic E-state index is 6.06. The van der Waals surface area contributed by atoms with Gasteiger partial charge in [0.05, 0.1) is 45.6 Å². The largest absolute Gasteiger partial charge is 0.438 e. The minimum Gasteiger partial charge on any atom is -0.438 e. The van der Waals surface area contributed by atoms with Crippen LogP contribution in [0, 0.1) is 0 Å². The molecule has 0 atom stereocenters. The van der Waals surface area contributed by atoms with Crippen molar-refractivity contribution in [1.29, 1.82) is 0 Å². The first-order valence-corrected chi connectivity index (χ1v) is 15.2. The highest BCUT2D eigenvalue weighted by atomic mass is 16.3. The van der Waals surface area contributed by atoms with E-state index in [9.17, 15) is 0 Å². The van der Waals surface area contributed by atoms with E-state index in [1.807, 2.05) is 48.8 Å². The molecule has 0 saturated carbocycles. The van der Waals surface area contributed by atoms with Crippen LogP contribution in [0.3, 0.4) is 0 Å². The third-order valence-electron chi connectivity index (χ3n) is 8.90. The van der Waals surface area contributed by atoms with E-state index in [1.165, 1.54) is 21.8 Å². The van der Waals surface area contributed by atoms with Crippen molar-refractivity contribution in [3.63, 3.8) is 0 Å². The first-order chi connectivity index (χ1) is 22.8. The molecular formula is C40H24N4O2. The van der Waals surface area contributed by atoms with E-state index in [4.69, 9.17) is 18.8 Å². The Bertz CT molecular complexity index is 2600. The molecular weight excluding hydrogens is 568 g/mol. The van der Waals surface area contributed by atoms with E-state index >= 15 is 0 Å². The van der Waals surface area contributed by atoms with E-state index in [0.29, 0.717) is 11.4 Å². The summed E-state index contributed by atoms with van der Waals surface area (Å²) >= 11 is 0. The van der Waals surface area contributed by atoms with E-state index < -0.39 is 0 Å². The first-order valence-electron chi connectivity index (χ1n) is 15.2. The molecule has 0 aliphatic carbocycles. The lowest BCUT2D eigenvalue weighted by Gasteiger charge is -2.25. The molecule has 0 spiro atoms. The fourth-order valence-corrected chi connectivity index (χ4v) is 6.84. The molecule has 10 aromatic rings. The van der Waals surface area contributed by atoms with Crippen molar-refractivity contribution in [3.05, 3.63) is 146 Å². The van der Waals surface area contributed by atoms with E-state index in [2.05, 4.69) is 107 Å². The van der Waals surface area contributed by atoms with Crippen LogP contribution in [0.1, 0.15) is 0 Å². The molecule has 5 aromatic carbocycles. The average molecular weight is 593 g/mol. The summed E-state index contributed by atoms with van der Waals surface area (Å²) in [6.45, 7) is 0. The van der Waals surface area contributed by atoms with Crippen molar-refractivity contribution in [3.8, 4) is 5.69 Å². The predicted molar refractivity (Wildman–Crippen MR) is 186 cm³/mol. The Balaban J connectivity index is 1.18. The van der Waals surface area contributed by atoms with E-state index in [-0.39, 0.29) is 0 Å². The summed E-state index contributed by atoms with van der Waals surface area (Å²) in [6.07, 6.45) is 3.73. The van der Waals surface area contributed by atoms with Crippen LogP contribution in [0.15, 0.2) is 155 Å². The number of benzene rings is 5. The van der Waals surface area contributed by atoms with Crippen LogP contribution in [0.2, 0.25) is 0 Å². The van der Waals surface area contributed by atoms with Gasteiger partial charge in [0.15, 0.2) is 0 Å². The van der Waals surface area contributed by atoms with Crippen molar-refractivity contribution in [2.24, 2.45) is 0 Å². The molecule has 6 nitrogen and oxygen atoms in total. The molecule has 5 heterocycles. The van der Waals surface area contributed by atoms with E-state index in [1.54, 1.807) is 0 Å². The maximum atomic E-state index is 6.06. The number of aromatic nitrogens is 3. The topological polar surface area (TPSA) is 60.2 Å². The van der Waals surface area contributed by atoms with Gasteiger partial charge in [0.1, 0.15) is 11.2 Å². The Morgan fingerprint density at radius 1 is 0.435 bits per heavy atom. The summed E-state index contributed by atoms with van der Waals surface area (Å²) in [5.74, 6) is 0. The molecule has 6 heteroatoms. The third kappa shape index (κ3) is 3.64. The van der Waals surface area contributed by atoms with Gasteiger partial charge < -0.3 is 18.3 Å². The van der Waals surface area contributed by atoms with Crippen LogP contribution in [-0.4, -0.2) is 14.5 Å². The number of para-hydroxylation sites is 4. The minimum atomic E-state index is 0.612. The quantitative estimate of drug-likeness (QED) is 0.203. The van der Waals surface area contributed by atoms with Crippen LogP contribution < -0.4 is 4.90 Å². The van der Waals surface area contributed by atoms with Crippen molar-refractivity contribution in [2.45, 2.75) is 0 Å². The van der Waals surface area contributed by atoms with Crippen LogP contribution in [-0.2, 0) is 0 Å². The van der Waals surface area contributed by atoms with Crippen molar-refractivity contribution in [1.82, 2.24) is 14.5 Å². The summed E-state index contributed by atoms with van der Waals surface area (Å²) in [4.78, 5) is 11.7. The molecule has 216 valence electrons. The lowest BCUT2D eigenvalue weighted by Crippen LogP contribution is -2.11. The van der Waals surface area contributed by atoms with Gasteiger partial charge >= 0.3 is 0 Å². The highest BCUT2D eigenvalue weighted by Gasteiger charge is 2.19. The Kier molecular flexibility index (Phi) is 5.19. The second-order valence-electron chi connectivity index (χ2n) is 11.5. The zero-order chi connectivity index (χ0) is 30.2. The number of fused-ring (bicyclic) bond motifs is 9. The molecule has 5 aromatic heterocycles. The van der Waals surface area contributed by atoms with Gasteiger partial charge in [-0.25, -0.2) is 9.97 Å². The van der Waals surface area contributed by atoms with Gasteiger partial charge in [-0.05, 0) is 60.7 Å². The van der Waals surface area contributed by atoms with Gasteiger partial charge in [-0.15, -0.1) is 0 Å². The Morgan fingerprint density at radius 3 is 1.41 bits per heavy atom. The molecule has 0 fully saturated rings. The number of furan rings is 2. The highest BCUT2D eigenvalue weighted by molar-refractivity contribution is 6.09. The summed E-state index contributed by atoms with van der Waals surface area (Å²) in [5.41, 5.74) is 9.08. The fraction of sp³-hybridized carbons (Fsp3) is 0. The maximum Gasteiger partial charge on any atom is 0.227 e. The summed E-state index contributed by atoms with van der Waals surface area (Å²) in [6, 6.07) is 46.2. The van der Waals surface area contributed by atoms with Gasteiger partial charge in [0.25, 0.3) is 0 Å². The first kappa shape index (κ1) is 25.0. The zero-order valence-corrected chi connectivity index (χ0v) is 24.5. The molecule has 0 aliphatic rings. The molecule has 46 heavy (non-hydrogen) atoms. The number of rotatable bonds is 4. The van der Waals surface area contributed by atoms with Gasteiger partial charge in [0, 0.05) is 32.9 Å².